The van der Waals surface area contributed by atoms with Gasteiger partial charge in [-0.2, -0.15) is 0 Å². The lowest BCUT2D eigenvalue weighted by Gasteiger charge is -2.17. The first-order chi connectivity index (χ1) is 13.0. The normalized spacial score (nSPS) is 16.7. The first-order valence-electron chi connectivity index (χ1n) is 8.26. The second-order valence-electron chi connectivity index (χ2n) is 6.22. The van der Waals surface area contributed by atoms with Gasteiger partial charge in [-0.3, -0.25) is 14.9 Å². The van der Waals surface area contributed by atoms with Crippen molar-refractivity contribution < 1.29 is 9.59 Å². The summed E-state index contributed by atoms with van der Waals surface area (Å²) in [4.78, 5) is 26.9. The van der Waals surface area contributed by atoms with Crippen molar-refractivity contribution in [1.29, 1.82) is 0 Å². The topological polar surface area (TPSA) is 75.2 Å². The van der Waals surface area contributed by atoms with Gasteiger partial charge in [0.05, 0.1) is 4.88 Å². The van der Waals surface area contributed by atoms with Gasteiger partial charge in [0, 0.05) is 29.6 Å². The van der Waals surface area contributed by atoms with Gasteiger partial charge in [-0.1, -0.05) is 35.1 Å². The van der Waals surface area contributed by atoms with E-state index >= 15 is 0 Å². The van der Waals surface area contributed by atoms with Gasteiger partial charge in [0.25, 0.3) is 5.91 Å². The van der Waals surface area contributed by atoms with Crippen LogP contribution >= 0.6 is 34.3 Å². The molecule has 0 radical (unpaired) electrons. The van der Waals surface area contributed by atoms with Crippen LogP contribution in [0.25, 0.3) is 0 Å². The van der Waals surface area contributed by atoms with Crippen LogP contribution in [-0.2, 0) is 4.79 Å². The van der Waals surface area contributed by atoms with Crippen molar-refractivity contribution in [2.24, 2.45) is 0 Å². The summed E-state index contributed by atoms with van der Waals surface area (Å²) in [6, 6.07) is 9.18. The maximum atomic E-state index is 12.5. The highest BCUT2D eigenvalue weighted by Gasteiger charge is 2.34. The highest BCUT2D eigenvalue weighted by molar-refractivity contribution is 7.15. The molecule has 138 valence electrons. The van der Waals surface area contributed by atoms with Gasteiger partial charge in [0.2, 0.25) is 11.0 Å². The molecule has 0 aliphatic carbocycles. The SMILES string of the molecule is Cc1ccc(N2C[C@@H](c3nnc(NC(=O)c4cccs4)s3)CC2=O)cc1Cl. The van der Waals surface area contributed by atoms with E-state index in [1.165, 1.54) is 22.7 Å². The Morgan fingerprint density at radius 2 is 2.19 bits per heavy atom. The number of nitrogens with one attached hydrogen (secondary N) is 1. The van der Waals surface area contributed by atoms with Gasteiger partial charge in [-0.25, -0.2) is 0 Å². The molecule has 4 rings (SSSR count). The zero-order valence-electron chi connectivity index (χ0n) is 14.3. The molecule has 1 aliphatic rings. The van der Waals surface area contributed by atoms with Gasteiger partial charge in [0.15, 0.2) is 0 Å². The molecular weight excluding hydrogens is 404 g/mol. The molecule has 9 heteroatoms. The Balaban J connectivity index is 1.47. The molecule has 2 amide bonds. The molecule has 1 N–H and O–H groups in total. The van der Waals surface area contributed by atoms with E-state index in [1.54, 1.807) is 11.0 Å². The van der Waals surface area contributed by atoms with Crippen LogP contribution in [-0.4, -0.2) is 28.6 Å². The Labute approximate surface area is 168 Å². The van der Waals surface area contributed by atoms with Crippen LogP contribution in [0.1, 0.15) is 32.6 Å². The second-order valence-corrected chi connectivity index (χ2v) is 8.58. The van der Waals surface area contributed by atoms with Gasteiger partial charge >= 0.3 is 0 Å². The Kier molecular flexibility index (Phi) is 4.94. The summed E-state index contributed by atoms with van der Waals surface area (Å²) in [7, 11) is 0. The molecule has 3 heterocycles. The molecule has 0 spiro atoms. The van der Waals surface area contributed by atoms with E-state index in [4.69, 9.17) is 11.6 Å². The third kappa shape index (κ3) is 3.73. The molecule has 0 bridgehead atoms. The molecular formula is C18H15ClN4O2S2. The largest absolute Gasteiger partial charge is 0.312 e. The number of nitrogens with zero attached hydrogens (tertiary/aromatic N) is 3. The summed E-state index contributed by atoms with van der Waals surface area (Å²) in [5.74, 6) is -0.229. The third-order valence-electron chi connectivity index (χ3n) is 4.35. The van der Waals surface area contributed by atoms with Gasteiger partial charge in [-0.05, 0) is 36.1 Å². The fourth-order valence-electron chi connectivity index (χ4n) is 2.89. The number of rotatable bonds is 4. The number of aromatic nitrogens is 2. The molecule has 0 unspecified atom stereocenters. The van der Waals surface area contributed by atoms with Crippen LogP contribution in [0.4, 0.5) is 10.8 Å². The summed E-state index contributed by atoms with van der Waals surface area (Å²) >= 11 is 8.86. The standard InChI is InChI=1S/C18H15ClN4O2S2/c1-10-4-5-12(8-13(10)19)23-9-11(7-15(23)24)17-21-22-18(27-17)20-16(25)14-3-2-6-26-14/h2-6,8,11H,7,9H2,1H3,(H,20,22,25)/t11-/m0/s1. The summed E-state index contributed by atoms with van der Waals surface area (Å²) in [5, 5.41) is 14.6. The fraction of sp³-hybridized carbons (Fsp3) is 0.222. The molecule has 27 heavy (non-hydrogen) atoms. The maximum absolute atomic E-state index is 12.5. The number of aryl methyl sites for hydroxylation is 1. The molecule has 1 aliphatic heterocycles. The first-order valence-corrected chi connectivity index (χ1v) is 10.3. The summed E-state index contributed by atoms with van der Waals surface area (Å²) < 4.78 is 0. The Morgan fingerprint density at radius 3 is 2.93 bits per heavy atom. The lowest BCUT2D eigenvalue weighted by molar-refractivity contribution is -0.117. The van der Waals surface area contributed by atoms with E-state index in [0.717, 1.165) is 16.3 Å². The fourth-order valence-corrected chi connectivity index (χ4v) is 4.51. The Bertz CT molecular complexity index is 1000. The summed E-state index contributed by atoms with van der Waals surface area (Å²) in [6.45, 7) is 2.44. The zero-order valence-corrected chi connectivity index (χ0v) is 16.7. The minimum Gasteiger partial charge on any atom is -0.312 e. The molecule has 1 aromatic carbocycles. The number of halogens is 1. The predicted molar refractivity (Wildman–Crippen MR) is 108 cm³/mol. The lowest BCUT2D eigenvalue weighted by Crippen LogP contribution is -2.24. The Hall–Kier alpha value is -2.29. The van der Waals surface area contributed by atoms with Crippen LogP contribution in [0.15, 0.2) is 35.7 Å². The molecule has 1 fully saturated rings. The average Bonchev–Trinajstić information content (AvgIpc) is 3.38. The number of carbonyl (C=O) groups is 2. The van der Waals surface area contributed by atoms with E-state index in [1.807, 2.05) is 36.6 Å². The number of hydrogen-bond acceptors (Lipinski definition) is 6. The van der Waals surface area contributed by atoms with Crippen LogP contribution < -0.4 is 10.2 Å². The molecule has 1 atom stereocenters. The van der Waals surface area contributed by atoms with Crippen molar-refractivity contribution in [2.75, 3.05) is 16.8 Å². The first kappa shape index (κ1) is 18.1. The second kappa shape index (κ2) is 7.38. The number of benzene rings is 1. The summed E-state index contributed by atoms with van der Waals surface area (Å²) in [5.41, 5.74) is 1.76. The van der Waals surface area contributed by atoms with Crippen LogP contribution in [0.5, 0.6) is 0 Å². The van der Waals surface area contributed by atoms with Gasteiger partial charge in [-0.15, -0.1) is 21.5 Å². The molecule has 0 saturated carbocycles. The monoisotopic (exact) mass is 418 g/mol. The predicted octanol–water partition coefficient (Wildman–Crippen LogP) is 4.33. The van der Waals surface area contributed by atoms with Crippen molar-refractivity contribution in [3.63, 3.8) is 0 Å². The van der Waals surface area contributed by atoms with E-state index in [-0.39, 0.29) is 17.7 Å². The van der Waals surface area contributed by atoms with Crippen molar-refractivity contribution in [2.45, 2.75) is 19.3 Å². The average molecular weight is 419 g/mol. The van der Waals surface area contributed by atoms with E-state index in [0.29, 0.717) is 28.0 Å². The minimum atomic E-state index is -0.203. The van der Waals surface area contributed by atoms with Gasteiger partial charge < -0.3 is 4.90 Å². The minimum absolute atomic E-state index is 0.0271. The maximum Gasteiger partial charge on any atom is 0.267 e. The molecule has 3 aromatic rings. The lowest BCUT2D eigenvalue weighted by atomic mass is 10.1. The van der Waals surface area contributed by atoms with E-state index in [9.17, 15) is 9.59 Å². The quantitative estimate of drug-likeness (QED) is 0.684. The number of carbonyl (C=O) groups excluding carboxylic acids is 2. The molecule has 6 nitrogen and oxygen atoms in total. The summed E-state index contributed by atoms with van der Waals surface area (Å²) in [6.07, 6.45) is 0.360. The Morgan fingerprint density at radius 1 is 1.33 bits per heavy atom. The van der Waals surface area contributed by atoms with Crippen LogP contribution in [0.2, 0.25) is 5.02 Å². The van der Waals surface area contributed by atoms with E-state index in [2.05, 4.69) is 15.5 Å². The van der Waals surface area contributed by atoms with Crippen LogP contribution in [0, 0.1) is 6.92 Å². The molecule has 1 saturated heterocycles. The number of thiophene rings is 1. The van der Waals surface area contributed by atoms with Crippen LogP contribution in [0.3, 0.4) is 0 Å². The third-order valence-corrected chi connectivity index (χ3v) is 6.62. The number of amides is 2. The highest BCUT2D eigenvalue weighted by Crippen LogP contribution is 2.35. The van der Waals surface area contributed by atoms with Crippen molar-refractivity contribution in [1.82, 2.24) is 10.2 Å². The van der Waals surface area contributed by atoms with Gasteiger partial charge in [0.1, 0.15) is 5.01 Å². The van der Waals surface area contributed by atoms with Crippen molar-refractivity contribution in [3.8, 4) is 0 Å². The van der Waals surface area contributed by atoms with Crippen molar-refractivity contribution in [3.05, 3.63) is 56.2 Å². The zero-order chi connectivity index (χ0) is 19.0. The number of anilines is 2. The highest BCUT2D eigenvalue weighted by atomic mass is 35.5. The smallest absolute Gasteiger partial charge is 0.267 e. The van der Waals surface area contributed by atoms with E-state index < -0.39 is 0 Å². The van der Waals surface area contributed by atoms with Crippen molar-refractivity contribution >= 4 is 56.9 Å². The number of hydrogen-bond donors (Lipinski definition) is 1. The molecule has 2 aromatic heterocycles.